The smallest absolute Gasteiger partial charge is 0.242 e. The summed E-state index contributed by atoms with van der Waals surface area (Å²) in [6, 6.07) is 0.233. The average Bonchev–Trinajstić information content (AvgIpc) is 2.88. The Labute approximate surface area is 76.5 Å². The number of aryl methyl sites for hydroxylation is 1. The molecule has 0 saturated heterocycles. The van der Waals surface area contributed by atoms with Gasteiger partial charge in [-0.25, -0.2) is 4.68 Å². The molecule has 0 spiro atoms. The van der Waals surface area contributed by atoms with Crippen molar-refractivity contribution in [2.75, 3.05) is 11.9 Å². The minimum atomic E-state index is 0.233. The molecule has 1 aromatic heterocycles. The van der Waals surface area contributed by atoms with E-state index in [9.17, 15) is 0 Å². The van der Waals surface area contributed by atoms with Crippen LogP contribution in [0, 0.1) is 5.92 Å². The first-order valence-electron chi connectivity index (χ1n) is 4.49. The van der Waals surface area contributed by atoms with Gasteiger partial charge in [-0.3, -0.25) is 0 Å². The highest BCUT2D eigenvalue weighted by atomic mass is 15.6. The zero-order valence-corrected chi connectivity index (χ0v) is 7.64. The Balaban J connectivity index is 1.81. The van der Waals surface area contributed by atoms with Crippen molar-refractivity contribution in [3.8, 4) is 0 Å². The van der Waals surface area contributed by atoms with E-state index in [1.54, 1.807) is 11.7 Å². The Bertz CT molecular complexity index is 278. The maximum atomic E-state index is 5.91. The minimum Gasteiger partial charge on any atom is -0.352 e. The molecule has 1 aliphatic rings. The van der Waals surface area contributed by atoms with E-state index in [4.69, 9.17) is 5.73 Å². The van der Waals surface area contributed by atoms with Crippen molar-refractivity contribution in [2.45, 2.75) is 18.9 Å². The van der Waals surface area contributed by atoms with Crippen LogP contribution in [0.15, 0.2) is 0 Å². The van der Waals surface area contributed by atoms with Crippen molar-refractivity contribution in [3.05, 3.63) is 0 Å². The number of anilines is 1. The average molecular weight is 182 g/mol. The summed E-state index contributed by atoms with van der Waals surface area (Å²) in [6.07, 6.45) is 2.53. The molecule has 2 rings (SSSR count). The summed E-state index contributed by atoms with van der Waals surface area (Å²) >= 11 is 0. The maximum absolute atomic E-state index is 5.91. The van der Waals surface area contributed by atoms with Gasteiger partial charge in [0, 0.05) is 19.6 Å². The summed E-state index contributed by atoms with van der Waals surface area (Å²) < 4.78 is 1.60. The van der Waals surface area contributed by atoms with Crippen molar-refractivity contribution in [1.82, 2.24) is 20.2 Å². The predicted molar refractivity (Wildman–Crippen MR) is 48.0 cm³/mol. The second-order valence-electron chi connectivity index (χ2n) is 3.51. The van der Waals surface area contributed by atoms with Gasteiger partial charge >= 0.3 is 0 Å². The zero-order valence-electron chi connectivity index (χ0n) is 7.64. The Morgan fingerprint density at radius 2 is 2.46 bits per heavy atom. The quantitative estimate of drug-likeness (QED) is 0.647. The number of nitrogens with one attached hydrogen (secondary N) is 1. The normalized spacial score (nSPS) is 18.6. The molecule has 0 bridgehead atoms. The monoisotopic (exact) mass is 182 g/mol. The number of tetrazole rings is 1. The lowest BCUT2D eigenvalue weighted by Gasteiger charge is -2.10. The third kappa shape index (κ3) is 1.95. The van der Waals surface area contributed by atoms with Gasteiger partial charge in [0.25, 0.3) is 0 Å². The highest BCUT2D eigenvalue weighted by molar-refractivity contribution is 5.21. The van der Waals surface area contributed by atoms with Crippen LogP contribution in [-0.4, -0.2) is 32.8 Å². The first-order valence-corrected chi connectivity index (χ1v) is 4.49. The molecule has 1 aliphatic carbocycles. The number of aromatic nitrogens is 4. The lowest BCUT2D eigenvalue weighted by Crippen LogP contribution is -2.31. The van der Waals surface area contributed by atoms with E-state index in [-0.39, 0.29) is 6.04 Å². The van der Waals surface area contributed by atoms with E-state index in [1.807, 2.05) is 0 Å². The van der Waals surface area contributed by atoms with E-state index in [2.05, 4.69) is 20.8 Å². The molecule has 72 valence electrons. The lowest BCUT2D eigenvalue weighted by atomic mass is 10.2. The van der Waals surface area contributed by atoms with Crippen LogP contribution in [0.4, 0.5) is 5.95 Å². The Kier molecular flexibility index (Phi) is 2.13. The first-order chi connectivity index (χ1) is 6.27. The van der Waals surface area contributed by atoms with Crippen molar-refractivity contribution >= 4 is 5.95 Å². The molecule has 6 heteroatoms. The predicted octanol–water partition coefficient (Wildman–Crippen LogP) is -0.641. The van der Waals surface area contributed by atoms with E-state index < -0.39 is 0 Å². The summed E-state index contributed by atoms with van der Waals surface area (Å²) in [5, 5.41) is 14.1. The third-order valence-electron chi connectivity index (χ3n) is 2.34. The summed E-state index contributed by atoms with van der Waals surface area (Å²) in [4.78, 5) is 0. The number of hydrogen-bond acceptors (Lipinski definition) is 5. The molecule has 3 N–H and O–H groups in total. The second-order valence-corrected chi connectivity index (χ2v) is 3.51. The molecule has 13 heavy (non-hydrogen) atoms. The van der Waals surface area contributed by atoms with Crippen LogP contribution in [0.5, 0.6) is 0 Å². The summed E-state index contributed by atoms with van der Waals surface area (Å²) in [6.45, 7) is 0.749. The van der Waals surface area contributed by atoms with Crippen LogP contribution in [0.25, 0.3) is 0 Å². The molecular formula is C7H14N6. The van der Waals surface area contributed by atoms with Gasteiger partial charge in [0.15, 0.2) is 0 Å². The summed E-state index contributed by atoms with van der Waals surface area (Å²) in [5.74, 6) is 1.38. The Morgan fingerprint density at radius 1 is 1.69 bits per heavy atom. The molecule has 1 heterocycles. The van der Waals surface area contributed by atoms with Gasteiger partial charge in [-0.2, -0.15) is 0 Å². The molecule has 0 aliphatic heterocycles. The maximum Gasteiger partial charge on any atom is 0.242 e. The molecule has 0 amide bonds. The summed E-state index contributed by atoms with van der Waals surface area (Å²) in [7, 11) is 1.80. The van der Waals surface area contributed by atoms with Crippen LogP contribution in [0.2, 0.25) is 0 Å². The van der Waals surface area contributed by atoms with Gasteiger partial charge in [-0.05, 0) is 29.2 Å². The SMILES string of the molecule is Cn1nnnc1NCC(N)C1CC1. The fraction of sp³-hybridized carbons (Fsp3) is 0.857. The standard InChI is InChI=1S/C7H14N6/c1-13-7(10-11-12-13)9-4-6(8)5-2-3-5/h5-6H,2-4,8H2,1H3,(H,9,10,12). The van der Waals surface area contributed by atoms with E-state index in [0.29, 0.717) is 11.9 Å². The number of rotatable bonds is 4. The Hall–Kier alpha value is -1.17. The fourth-order valence-corrected chi connectivity index (χ4v) is 1.28. The molecule has 1 atom stereocenters. The molecule has 1 unspecified atom stereocenters. The van der Waals surface area contributed by atoms with Crippen LogP contribution in [-0.2, 0) is 7.05 Å². The van der Waals surface area contributed by atoms with Gasteiger partial charge in [0.2, 0.25) is 5.95 Å². The molecular weight excluding hydrogens is 168 g/mol. The topological polar surface area (TPSA) is 81.7 Å². The molecule has 6 nitrogen and oxygen atoms in total. The highest BCUT2D eigenvalue weighted by Gasteiger charge is 2.28. The second kappa shape index (κ2) is 3.29. The molecule has 0 radical (unpaired) electrons. The molecule has 1 fully saturated rings. The van der Waals surface area contributed by atoms with E-state index in [0.717, 1.165) is 6.54 Å². The van der Waals surface area contributed by atoms with Crippen molar-refractivity contribution < 1.29 is 0 Å². The van der Waals surface area contributed by atoms with Gasteiger partial charge in [-0.1, -0.05) is 5.10 Å². The van der Waals surface area contributed by atoms with Gasteiger partial charge in [0.05, 0.1) is 0 Å². The van der Waals surface area contributed by atoms with E-state index >= 15 is 0 Å². The van der Waals surface area contributed by atoms with Crippen molar-refractivity contribution in [3.63, 3.8) is 0 Å². The zero-order chi connectivity index (χ0) is 9.26. The number of hydrogen-bond donors (Lipinski definition) is 2. The van der Waals surface area contributed by atoms with Crippen LogP contribution in [0.3, 0.4) is 0 Å². The van der Waals surface area contributed by atoms with E-state index in [1.165, 1.54) is 12.8 Å². The number of nitrogens with zero attached hydrogens (tertiary/aromatic N) is 4. The minimum absolute atomic E-state index is 0.233. The summed E-state index contributed by atoms with van der Waals surface area (Å²) in [5.41, 5.74) is 5.91. The largest absolute Gasteiger partial charge is 0.352 e. The van der Waals surface area contributed by atoms with Gasteiger partial charge in [-0.15, -0.1) is 0 Å². The third-order valence-corrected chi connectivity index (χ3v) is 2.34. The van der Waals surface area contributed by atoms with Crippen molar-refractivity contribution in [2.24, 2.45) is 18.7 Å². The van der Waals surface area contributed by atoms with Gasteiger partial charge < -0.3 is 11.1 Å². The molecule has 1 saturated carbocycles. The number of nitrogens with two attached hydrogens (primary N) is 1. The van der Waals surface area contributed by atoms with Crippen LogP contribution in [0.1, 0.15) is 12.8 Å². The highest BCUT2D eigenvalue weighted by Crippen LogP contribution is 2.31. The van der Waals surface area contributed by atoms with Gasteiger partial charge in [0.1, 0.15) is 0 Å². The lowest BCUT2D eigenvalue weighted by molar-refractivity contribution is 0.614. The first kappa shape index (κ1) is 8.43. The fourth-order valence-electron chi connectivity index (χ4n) is 1.28. The molecule has 0 aromatic carbocycles. The van der Waals surface area contributed by atoms with Crippen LogP contribution >= 0.6 is 0 Å². The van der Waals surface area contributed by atoms with Crippen molar-refractivity contribution in [1.29, 1.82) is 0 Å². The Morgan fingerprint density at radius 3 is 3.00 bits per heavy atom. The van der Waals surface area contributed by atoms with Crippen LogP contribution < -0.4 is 11.1 Å². The molecule has 1 aromatic rings.